The summed E-state index contributed by atoms with van der Waals surface area (Å²) in [5.74, 6) is 2.02. The van der Waals surface area contributed by atoms with Crippen LogP contribution in [0, 0.1) is 0 Å². The van der Waals surface area contributed by atoms with Gasteiger partial charge in [-0.05, 0) is 37.3 Å². The molecule has 0 fully saturated rings. The Morgan fingerprint density at radius 1 is 1.24 bits per heavy atom. The van der Waals surface area contributed by atoms with Crippen molar-refractivity contribution < 1.29 is 18.7 Å². The number of hydrogen-bond donors (Lipinski definition) is 1. The second-order valence-corrected chi connectivity index (χ2v) is 5.02. The van der Waals surface area contributed by atoms with E-state index in [4.69, 9.17) is 13.9 Å². The lowest BCUT2D eigenvalue weighted by Crippen LogP contribution is -2.34. The van der Waals surface area contributed by atoms with Crippen molar-refractivity contribution in [1.82, 2.24) is 5.32 Å². The van der Waals surface area contributed by atoms with Gasteiger partial charge < -0.3 is 19.2 Å². The van der Waals surface area contributed by atoms with Crippen LogP contribution in [0.5, 0.6) is 11.5 Å². The highest BCUT2D eigenvalue weighted by atomic mass is 16.6. The first-order valence-corrected chi connectivity index (χ1v) is 6.95. The van der Waals surface area contributed by atoms with Gasteiger partial charge in [0.05, 0.1) is 6.26 Å². The summed E-state index contributed by atoms with van der Waals surface area (Å²) >= 11 is 0. The molecular weight excluding hydrogens is 270 g/mol. The van der Waals surface area contributed by atoms with E-state index in [1.807, 2.05) is 19.1 Å². The van der Waals surface area contributed by atoms with Crippen LogP contribution >= 0.6 is 0 Å². The maximum atomic E-state index is 12.2. The van der Waals surface area contributed by atoms with E-state index < -0.39 is 0 Å². The zero-order chi connectivity index (χ0) is 14.7. The van der Waals surface area contributed by atoms with E-state index in [-0.39, 0.29) is 11.9 Å². The molecule has 5 heteroatoms. The molecule has 3 rings (SSSR count). The SMILES string of the molecule is C[C@@H](Cc1ccco1)NC(=O)c1ccc2c(c1)OCCO2. The quantitative estimate of drug-likeness (QED) is 0.938. The molecule has 1 aliphatic heterocycles. The van der Waals surface area contributed by atoms with Crippen molar-refractivity contribution in [3.8, 4) is 11.5 Å². The lowest BCUT2D eigenvalue weighted by atomic mass is 10.1. The Hall–Kier alpha value is -2.43. The molecule has 2 heterocycles. The first-order valence-electron chi connectivity index (χ1n) is 6.95. The molecule has 1 N–H and O–H groups in total. The van der Waals surface area contributed by atoms with Gasteiger partial charge in [0.2, 0.25) is 0 Å². The van der Waals surface area contributed by atoms with Gasteiger partial charge in [0.15, 0.2) is 11.5 Å². The third kappa shape index (κ3) is 3.18. The molecule has 2 aromatic rings. The molecular formula is C16H17NO4. The number of ether oxygens (including phenoxy) is 2. The Balaban J connectivity index is 1.64. The molecule has 5 nitrogen and oxygen atoms in total. The molecule has 0 bridgehead atoms. The van der Waals surface area contributed by atoms with Gasteiger partial charge in [-0.2, -0.15) is 0 Å². The summed E-state index contributed by atoms with van der Waals surface area (Å²) < 4.78 is 16.2. The smallest absolute Gasteiger partial charge is 0.251 e. The van der Waals surface area contributed by atoms with Crippen molar-refractivity contribution in [1.29, 1.82) is 0 Å². The van der Waals surface area contributed by atoms with Gasteiger partial charge in [0, 0.05) is 18.0 Å². The molecule has 0 spiro atoms. The predicted octanol–water partition coefficient (Wildman–Crippen LogP) is 2.41. The summed E-state index contributed by atoms with van der Waals surface area (Å²) in [5.41, 5.74) is 0.561. The number of nitrogens with one attached hydrogen (secondary N) is 1. The second-order valence-electron chi connectivity index (χ2n) is 5.02. The Bertz CT molecular complexity index is 621. The van der Waals surface area contributed by atoms with Crippen LogP contribution in [0.4, 0.5) is 0 Å². The third-order valence-electron chi connectivity index (χ3n) is 3.27. The predicted molar refractivity (Wildman–Crippen MR) is 76.8 cm³/mol. The van der Waals surface area contributed by atoms with E-state index in [1.54, 1.807) is 24.5 Å². The normalized spacial score (nSPS) is 14.5. The lowest BCUT2D eigenvalue weighted by Gasteiger charge is -2.19. The Morgan fingerprint density at radius 2 is 2.05 bits per heavy atom. The van der Waals surface area contributed by atoms with Gasteiger partial charge in [-0.25, -0.2) is 0 Å². The summed E-state index contributed by atoms with van der Waals surface area (Å²) in [6.07, 6.45) is 2.29. The highest BCUT2D eigenvalue weighted by Crippen LogP contribution is 2.30. The van der Waals surface area contributed by atoms with E-state index in [0.717, 1.165) is 5.76 Å². The lowest BCUT2D eigenvalue weighted by molar-refractivity contribution is 0.0938. The molecule has 1 atom stereocenters. The molecule has 1 aliphatic rings. The third-order valence-corrected chi connectivity index (χ3v) is 3.27. The summed E-state index contributed by atoms with van der Waals surface area (Å²) in [6, 6.07) is 8.93. The average molecular weight is 287 g/mol. The molecule has 0 saturated carbocycles. The van der Waals surface area contributed by atoms with Gasteiger partial charge in [0.1, 0.15) is 19.0 Å². The van der Waals surface area contributed by atoms with Gasteiger partial charge in [-0.1, -0.05) is 0 Å². The summed E-state index contributed by atoms with van der Waals surface area (Å²) in [4.78, 5) is 12.2. The van der Waals surface area contributed by atoms with E-state index in [0.29, 0.717) is 36.7 Å². The van der Waals surface area contributed by atoms with Crippen LogP contribution in [0.2, 0.25) is 0 Å². The largest absolute Gasteiger partial charge is 0.486 e. The van der Waals surface area contributed by atoms with Gasteiger partial charge in [0.25, 0.3) is 5.91 Å². The van der Waals surface area contributed by atoms with Crippen LogP contribution in [0.15, 0.2) is 41.0 Å². The zero-order valence-corrected chi connectivity index (χ0v) is 11.8. The fourth-order valence-corrected chi connectivity index (χ4v) is 2.27. The fourth-order valence-electron chi connectivity index (χ4n) is 2.27. The highest BCUT2D eigenvalue weighted by molar-refractivity contribution is 5.95. The van der Waals surface area contributed by atoms with Gasteiger partial charge in [-0.3, -0.25) is 4.79 Å². The number of furan rings is 1. The number of hydrogen-bond acceptors (Lipinski definition) is 4. The number of carbonyl (C=O) groups is 1. The van der Waals surface area contributed by atoms with Crippen LogP contribution < -0.4 is 14.8 Å². The first-order chi connectivity index (χ1) is 10.2. The molecule has 0 unspecified atom stereocenters. The monoisotopic (exact) mass is 287 g/mol. The van der Waals surface area contributed by atoms with Crippen LogP contribution in [0.1, 0.15) is 23.0 Å². The Morgan fingerprint density at radius 3 is 2.81 bits per heavy atom. The molecule has 1 amide bonds. The maximum absolute atomic E-state index is 12.2. The number of benzene rings is 1. The fraction of sp³-hybridized carbons (Fsp3) is 0.312. The van der Waals surface area contributed by atoms with Gasteiger partial charge >= 0.3 is 0 Å². The standard InChI is InChI=1S/C16H17NO4/c1-11(9-13-3-2-6-19-13)17-16(18)12-4-5-14-15(10-12)21-8-7-20-14/h2-6,10-11H,7-9H2,1H3,(H,17,18)/t11-/m0/s1. The Labute approximate surface area is 122 Å². The Kier molecular flexibility index (Phi) is 3.81. The maximum Gasteiger partial charge on any atom is 0.251 e. The van der Waals surface area contributed by atoms with E-state index >= 15 is 0 Å². The molecule has 0 radical (unpaired) electrons. The zero-order valence-electron chi connectivity index (χ0n) is 11.8. The molecule has 21 heavy (non-hydrogen) atoms. The summed E-state index contributed by atoms with van der Waals surface area (Å²) in [6.45, 7) is 2.99. The van der Waals surface area contributed by atoms with Crippen molar-refractivity contribution in [3.05, 3.63) is 47.9 Å². The first kappa shape index (κ1) is 13.5. The summed E-state index contributed by atoms with van der Waals surface area (Å²) in [7, 11) is 0. The van der Waals surface area contributed by atoms with Crippen molar-refractivity contribution in [2.24, 2.45) is 0 Å². The van der Waals surface area contributed by atoms with Crippen LogP contribution in [0.25, 0.3) is 0 Å². The summed E-state index contributed by atoms with van der Waals surface area (Å²) in [5, 5.41) is 2.95. The van der Waals surface area contributed by atoms with Crippen molar-refractivity contribution in [2.75, 3.05) is 13.2 Å². The van der Waals surface area contributed by atoms with Gasteiger partial charge in [-0.15, -0.1) is 0 Å². The minimum Gasteiger partial charge on any atom is -0.486 e. The molecule has 0 aliphatic carbocycles. The minimum absolute atomic E-state index is 0.0168. The molecule has 1 aromatic heterocycles. The van der Waals surface area contributed by atoms with Crippen LogP contribution in [0.3, 0.4) is 0 Å². The van der Waals surface area contributed by atoms with E-state index in [2.05, 4.69) is 5.32 Å². The number of amides is 1. The van der Waals surface area contributed by atoms with Crippen molar-refractivity contribution in [3.63, 3.8) is 0 Å². The number of fused-ring (bicyclic) bond motifs is 1. The van der Waals surface area contributed by atoms with Crippen LogP contribution in [-0.4, -0.2) is 25.2 Å². The van der Waals surface area contributed by atoms with E-state index in [9.17, 15) is 4.79 Å². The topological polar surface area (TPSA) is 60.7 Å². The highest BCUT2D eigenvalue weighted by Gasteiger charge is 2.16. The number of rotatable bonds is 4. The second kappa shape index (κ2) is 5.91. The number of carbonyl (C=O) groups excluding carboxylic acids is 1. The van der Waals surface area contributed by atoms with Crippen molar-refractivity contribution in [2.45, 2.75) is 19.4 Å². The molecule has 0 saturated heterocycles. The van der Waals surface area contributed by atoms with Crippen LogP contribution in [-0.2, 0) is 6.42 Å². The molecule has 110 valence electrons. The van der Waals surface area contributed by atoms with E-state index in [1.165, 1.54) is 0 Å². The van der Waals surface area contributed by atoms with Crippen molar-refractivity contribution >= 4 is 5.91 Å². The minimum atomic E-state index is -0.133. The average Bonchev–Trinajstić information content (AvgIpc) is 2.99. The molecule has 1 aromatic carbocycles.